The third-order valence-electron chi connectivity index (χ3n) is 2.68. The van der Waals surface area contributed by atoms with E-state index in [1.165, 1.54) is 14.6 Å². The highest BCUT2D eigenvalue weighted by Crippen LogP contribution is 2.29. The smallest absolute Gasteiger partial charge is 0.129 e. The van der Waals surface area contributed by atoms with Gasteiger partial charge < -0.3 is 10.5 Å². The number of methoxy groups -OCH3 is 1. The molecule has 0 amide bonds. The van der Waals surface area contributed by atoms with Crippen LogP contribution in [0, 0.1) is 0 Å². The van der Waals surface area contributed by atoms with E-state index in [1.807, 2.05) is 22.8 Å². The highest BCUT2D eigenvalue weighted by Gasteiger charge is 2.11. The highest BCUT2D eigenvalue weighted by atomic mass is 32.1. The van der Waals surface area contributed by atoms with Gasteiger partial charge >= 0.3 is 0 Å². The minimum absolute atomic E-state index is 0.0762. The van der Waals surface area contributed by atoms with E-state index < -0.39 is 0 Å². The Balaban J connectivity index is 2.02. The van der Waals surface area contributed by atoms with E-state index in [2.05, 4.69) is 19.1 Å². The van der Waals surface area contributed by atoms with Crippen molar-refractivity contribution in [2.24, 2.45) is 5.73 Å². The van der Waals surface area contributed by atoms with Crippen LogP contribution in [0.4, 0.5) is 0 Å². The maximum Gasteiger partial charge on any atom is 0.129 e. The second kappa shape index (κ2) is 5.67. The van der Waals surface area contributed by atoms with Crippen molar-refractivity contribution in [3.8, 4) is 5.75 Å². The van der Waals surface area contributed by atoms with Crippen LogP contribution in [-0.2, 0) is 12.8 Å². The maximum atomic E-state index is 6.21. The van der Waals surface area contributed by atoms with Crippen LogP contribution >= 0.6 is 22.7 Å². The summed E-state index contributed by atoms with van der Waals surface area (Å²) in [5.41, 5.74) is 6.21. The van der Waals surface area contributed by atoms with Gasteiger partial charge in [-0.3, -0.25) is 0 Å². The number of nitrogens with two attached hydrogens (primary N) is 1. The Hall–Kier alpha value is -0.840. The lowest BCUT2D eigenvalue weighted by Gasteiger charge is -2.07. The SMILES string of the molecule is CCc1ccc(CC(N)c2cc(OC)cs2)s1. The quantitative estimate of drug-likeness (QED) is 0.898. The molecule has 0 aliphatic heterocycles. The van der Waals surface area contributed by atoms with Crippen molar-refractivity contribution in [3.05, 3.63) is 38.2 Å². The maximum absolute atomic E-state index is 6.21. The van der Waals surface area contributed by atoms with E-state index in [0.717, 1.165) is 18.6 Å². The summed E-state index contributed by atoms with van der Waals surface area (Å²) in [7, 11) is 1.68. The van der Waals surface area contributed by atoms with Gasteiger partial charge in [0.15, 0.2) is 0 Å². The first-order valence-electron chi connectivity index (χ1n) is 5.68. The van der Waals surface area contributed by atoms with Gasteiger partial charge in [0.05, 0.1) is 7.11 Å². The first-order chi connectivity index (χ1) is 8.22. The molecular formula is C13H17NOS2. The molecule has 0 aromatic carbocycles. The molecule has 0 saturated carbocycles. The number of ether oxygens (including phenoxy) is 1. The predicted molar refractivity (Wildman–Crippen MR) is 75.2 cm³/mol. The molecule has 0 aliphatic rings. The molecule has 2 rings (SSSR count). The lowest BCUT2D eigenvalue weighted by molar-refractivity contribution is 0.416. The molecule has 1 atom stereocenters. The monoisotopic (exact) mass is 267 g/mol. The second-order valence-corrected chi connectivity index (χ2v) is 6.12. The third-order valence-corrected chi connectivity index (χ3v) is 4.98. The Morgan fingerprint density at radius 2 is 2.12 bits per heavy atom. The molecule has 1 unspecified atom stereocenters. The molecule has 17 heavy (non-hydrogen) atoms. The standard InChI is InChI=1S/C13H17NOS2/c1-3-10-4-5-11(17-10)7-12(14)13-6-9(15-2)8-16-13/h4-6,8,12H,3,7,14H2,1-2H3. The minimum atomic E-state index is 0.0762. The molecular weight excluding hydrogens is 250 g/mol. The van der Waals surface area contributed by atoms with Gasteiger partial charge in [-0.15, -0.1) is 22.7 Å². The fourth-order valence-electron chi connectivity index (χ4n) is 1.68. The summed E-state index contributed by atoms with van der Waals surface area (Å²) in [4.78, 5) is 3.98. The number of aryl methyl sites for hydroxylation is 1. The summed E-state index contributed by atoms with van der Waals surface area (Å²) in [6.07, 6.45) is 2.01. The molecule has 0 bridgehead atoms. The zero-order valence-electron chi connectivity index (χ0n) is 10.1. The average Bonchev–Trinajstić information content (AvgIpc) is 2.96. The number of thiophene rings is 2. The summed E-state index contributed by atoms with van der Waals surface area (Å²) >= 11 is 3.53. The molecule has 92 valence electrons. The molecule has 0 aliphatic carbocycles. The predicted octanol–water partition coefficient (Wildman–Crippen LogP) is 3.62. The molecule has 0 saturated heterocycles. The largest absolute Gasteiger partial charge is 0.496 e. The molecule has 2 heterocycles. The molecule has 2 N–H and O–H groups in total. The van der Waals surface area contributed by atoms with E-state index >= 15 is 0 Å². The third kappa shape index (κ3) is 3.09. The van der Waals surface area contributed by atoms with Crippen molar-refractivity contribution in [1.82, 2.24) is 0 Å². The average molecular weight is 267 g/mol. The number of rotatable bonds is 5. The van der Waals surface area contributed by atoms with Gasteiger partial charge in [0.25, 0.3) is 0 Å². The van der Waals surface area contributed by atoms with Gasteiger partial charge in [-0.1, -0.05) is 6.92 Å². The Labute approximate surface area is 110 Å². The summed E-state index contributed by atoms with van der Waals surface area (Å²) < 4.78 is 5.17. The van der Waals surface area contributed by atoms with Crippen molar-refractivity contribution in [1.29, 1.82) is 0 Å². The minimum Gasteiger partial charge on any atom is -0.496 e. The van der Waals surface area contributed by atoms with Crippen LogP contribution in [0.15, 0.2) is 23.6 Å². The lowest BCUT2D eigenvalue weighted by Crippen LogP contribution is -2.10. The molecule has 0 spiro atoms. The van der Waals surface area contributed by atoms with Gasteiger partial charge in [0, 0.05) is 32.5 Å². The Morgan fingerprint density at radius 1 is 1.35 bits per heavy atom. The van der Waals surface area contributed by atoms with Gasteiger partial charge in [-0.05, 0) is 24.6 Å². The van der Waals surface area contributed by atoms with Gasteiger partial charge in [-0.25, -0.2) is 0 Å². The molecule has 2 aromatic heterocycles. The van der Waals surface area contributed by atoms with Crippen LogP contribution in [0.1, 0.15) is 27.6 Å². The molecule has 0 radical (unpaired) electrons. The molecule has 2 aromatic rings. The number of hydrogen-bond acceptors (Lipinski definition) is 4. The fraction of sp³-hybridized carbons (Fsp3) is 0.385. The summed E-state index contributed by atoms with van der Waals surface area (Å²) in [6.45, 7) is 2.18. The van der Waals surface area contributed by atoms with Gasteiger partial charge in [0.1, 0.15) is 5.75 Å². The van der Waals surface area contributed by atoms with Gasteiger partial charge in [0.2, 0.25) is 0 Å². The van der Waals surface area contributed by atoms with E-state index in [1.54, 1.807) is 18.4 Å². The van der Waals surface area contributed by atoms with Crippen LogP contribution in [0.3, 0.4) is 0 Å². The zero-order valence-corrected chi connectivity index (χ0v) is 11.7. The van der Waals surface area contributed by atoms with Crippen LogP contribution in [0.5, 0.6) is 5.75 Å². The Kier molecular flexibility index (Phi) is 4.20. The van der Waals surface area contributed by atoms with E-state index in [0.29, 0.717) is 0 Å². The summed E-state index contributed by atoms with van der Waals surface area (Å²) in [6, 6.07) is 6.49. The molecule has 4 heteroatoms. The van der Waals surface area contributed by atoms with Crippen LogP contribution in [0.25, 0.3) is 0 Å². The van der Waals surface area contributed by atoms with Crippen LogP contribution in [-0.4, -0.2) is 7.11 Å². The number of hydrogen-bond donors (Lipinski definition) is 1. The van der Waals surface area contributed by atoms with Crippen molar-refractivity contribution in [2.45, 2.75) is 25.8 Å². The topological polar surface area (TPSA) is 35.2 Å². The first kappa shape index (κ1) is 12.6. The first-order valence-corrected chi connectivity index (χ1v) is 7.38. The van der Waals surface area contributed by atoms with Crippen molar-refractivity contribution in [3.63, 3.8) is 0 Å². The highest BCUT2D eigenvalue weighted by molar-refractivity contribution is 7.12. The van der Waals surface area contributed by atoms with E-state index in [9.17, 15) is 0 Å². The van der Waals surface area contributed by atoms with Crippen LogP contribution < -0.4 is 10.5 Å². The lowest BCUT2D eigenvalue weighted by atomic mass is 10.1. The van der Waals surface area contributed by atoms with E-state index in [4.69, 9.17) is 10.5 Å². The second-order valence-electron chi connectivity index (χ2n) is 3.92. The van der Waals surface area contributed by atoms with E-state index in [-0.39, 0.29) is 6.04 Å². The normalized spacial score (nSPS) is 12.6. The Bertz CT molecular complexity index is 475. The summed E-state index contributed by atoms with van der Waals surface area (Å²) in [5.74, 6) is 0.904. The van der Waals surface area contributed by atoms with Crippen LogP contribution in [0.2, 0.25) is 0 Å². The Morgan fingerprint density at radius 3 is 2.71 bits per heavy atom. The van der Waals surface area contributed by atoms with Crippen molar-refractivity contribution < 1.29 is 4.74 Å². The fourth-order valence-corrected chi connectivity index (χ4v) is 3.55. The van der Waals surface area contributed by atoms with Gasteiger partial charge in [-0.2, -0.15) is 0 Å². The molecule has 2 nitrogen and oxygen atoms in total. The zero-order chi connectivity index (χ0) is 12.3. The summed E-state index contributed by atoms with van der Waals surface area (Å²) in [5, 5.41) is 2.00. The van der Waals surface area contributed by atoms with Crippen molar-refractivity contribution in [2.75, 3.05) is 7.11 Å². The van der Waals surface area contributed by atoms with Crippen molar-refractivity contribution >= 4 is 22.7 Å². The molecule has 0 fully saturated rings.